The third kappa shape index (κ3) is 7.89. The average Bonchev–Trinajstić information content (AvgIpc) is 2.66. The Balaban J connectivity index is 0.000000260. The zero-order valence-electron chi connectivity index (χ0n) is 16.2. The molecular formula is C24H28O2. The number of aryl methyl sites for hydroxylation is 2. The van der Waals surface area contributed by atoms with Crippen molar-refractivity contribution >= 4 is 23.7 Å². The average molecular weight is 348 g/mol. The largest absolute Gasteiger partial charge is 0.295 e. The number of benzene rings is 2. The molecule has 0 aliphatic heterocycles. The van der Waals surface area contributed by atoms with Crippen LogP contribution in [0.15, 0.2) is 60.7 Å². The van der Waals surface area contributed by atoms with Crippen molar-refractivity contribution in [2.45, 2.75) is 40.5 Å². The van der Waals surface area contributed by atoms with E-state index in [2.05, 4.69) is 0 Å². The lowest BCUT2D eigenvalue weighted by atomic mass is 10.1. The molecule has 0 saturated heterocycles. The van der Waals surface area contributed by atoms with Crippen molar-refractivity contribution in [3.05, 3.63) is 82.9 Å². The summed E-state index contributed by atoms with van der Waals surface area (Å²) in [7, 11) is 0. The van der Waals surface area contributed by atoms with Crippen LogP contribution >= 0.6 is 0 Å². The lowest BCUT2D eigenvalue weighted by Crippen LogP contribution is -1.87. The van der Waals surface area contributed by atoms with E-state index in [1.54, 1.807) is 12.2 Å². The van der Waals surface area contributed by atoms with Crippen LogP contribution in [0.2, 0.25) is 0 Å². The predicted molar refractivity (Wildman–Crippen MR) is 111 cm³/mol. The maximum atomic E-state index is 11.0. The van der Waals surface area contributed by atoms with Gasteiger partial charge in [-0.15, -0.1) is 0 Å². The summed E-state index contributed by atoms with van der Waals surface area (Å²) >= 11 is 0. The van der Waals surface area contributed by atoms with Crippen molar-refractivity contribution in [1.82, 2.24) is 0 Å². The van der Waals surface area contributed by atoms with Crippen LogP contribution in [0.1, 0.15) is 48.9 Å². The highest BCUT2D eigenvalue weighted by Crippen LogP contribution is 2.09. The number of hydrogen-bond donors (Lipinski definition) is 0. The maximum absolute atomic E-state index is 11.0. The maximum Gasteiger partial charge on any atom is 0.155 e. The van der Waals surface area contributed by atoms with Gasteiger partial charge in [0.1, 0.15) is 0 Å². The van der Waals surface area contributed by atoms with E-state index in [4.69, 9.17) is 0 Å². The van der Waals surface area contributed by atoms with Gasteiger partial charge in [0.2, 0.25) is 0 Å². The lowest BCUT2D eigenvalue weighted by molar-refractivity contribution is -0.115. The first-order chi connectivity index (χ1) is 12.5. The summed E-state index contributed by atoms with van der Waals surface area (Å²) in [6.07, 6.45) is 8.18. The van der Waals surface area contributed by atoms with E-state index >= 15 is 0 Å². The van der Waals surface area contributed by atoms with Gasteiger partial charge in [-0.1, -0.05) is 74.5 Å². The van der Waals surface area contributed by atoms with Crippen LogP contribution < -0.4 is 0 Å². The van der Waals surface area contributed by atoms with E-state index in [1.165, 1.54) is 11.1 Å². The SMILES string of the molecule is CCC(=O)C=Cc1ccccc1C.CCC(=O)C=Cc1ccccc1C. The first kappa shape index (κ1) is 21.3. The number of hydrogen-bond acceptors (Lipinski definition) is 2. The molecular weight excluding hydrogens is 320 g/mol. The molecule has 0 atom stereocenters. The molecule has 2 aromatic carbocycles. The fourth-order valence-electron chi connectivity index (χ4n) is 2.15. The summed E-state index contributed by atoms with van der Waals surface area (Å²) in [5.41, 5.74) is 4.62. The first-order valence-corrected chi connectivity index (χ1v) is 9.01. The van der Waals surface area contributed by atoms with E-state index in [-0.39, 0.29) is 11.6 Å². The second-order valence-corrected chi connectivity index (χ2v) is 6.02. The van der Waals surface area contributed by atoms with Crippen molar-refractivity contribution in [3.8, 4) is 0 Å². The summed E-state index contributed by atoms with van der Waals surface area (Å²) in [6.45, 7) is 7.81. The Bertz CT molecular complexity index is 715. The number of ketones is 2. The summed E-state index contributed by atoms with van der Waals surface area (Å²) < 4.78 is 0. The molecule has 0 spiro atoms. The van der Waals surface area contributed by atoms with Crippen LogP contribution in [0.5, 0.6) is 0 Å². The van der Waals surface area contributed by atoms with Gasteiger partial charge in [-0.3, -0.25) is 9.59 Å². The first-order valence-electron chi connectivity index (χ1n) is 9.01. The molecule has 2 nitrogen and oxygen atoms in total. The number of rotatable bonds is 6. The molecule has 0 aliphatic rings. The molecule has 0 saturated carbocycles. The van der Waals surface area contributed by atoms with Gasteiger partial charge in [-0.2, -0.15) is 0 Å². The summed E-state index contributed by atoms with van der Waals surface area (Å²) in [4.78, 5) is 22.0. The monoisotopic (exact) mass is 348 g/mol. The van der Waals surface area contributed by atoms with Gasteiger partial charge in [0.15, 0.2) is 11.6 Å². The van der Waals surface area contributed by atoms with Gasteiger partial charge in [-0.05, 0) is 48.3 Å². The molecule has 0 amide bonds. The fourth-order valence-corrected chi connectivity index (χ4v) is 2.15. The zero-order chi connectivity index (χ0) is 19.4. The van der Waals surface area contributed by atoms with E-state index < -0.39 is 0 Å². The molecule has 2 heteroatoms. The van der Waals surface area contributed by atoms with E-state index in [1.807, 2.05) is 88.4 Å². The van der Waals surface area contributed by atoms with Gasteiger partial charge in [-0.25, -0.2) is 0 Å². The highest BCUT2D eigenvalue weighted by Gasteiger charge is 1.94. The molecule has 0 fully saturated rings. The minimum absolute atomic E-state index is 0.170. The van der Waals surface area contributed by atoms with Gasteiger partial charge in [0.25, 0.3) is 0 Å². The van der Waals surface area contributed by atoms with Gasteiger partial charge in [0, 0.05) is 12.8 Å². The molecule has 2 rings (SSSR count). The zero-order valence-corrected chi connectivity index (χ0v) is 16.2. The van der Waals surface area contributed by atoms with Crippen LogP contribution in [0.3, 0.4) is 0 Å². The summed E-state index contributed by atoms with van der Waals surface area (Å²) in [5, 5.41) is 0. The smallest absolute Gasteiger partial charge is 0.155 e. The third-order valence-corrected chi connectivity index (χ3v) is 3.97. The van der Waals surface area contributed by atoms with Crippen LogP contribution in [0.4, 0.5) is 0 Å². The molecule has 0 N–H and O–H groups in total. The molecule has 0 aliphatic carbocycles. The molecule has 0 unspecified atom stereocenters. The molecule has 0 bridgehead atoms. The molecule has 0 radical (unpaired) electrons. The second kappa shape index (κ2) is 11.8. The number of carbonyl (C=O) groups excluding carboxylic acids is 2. The third-order valence-electron chi connectivity index (χ3n) is 3.97. The van der Waals surface area contributed by atoms with Crippen LogP contribution in [0, 0.1) is 13.8 Å². The second-order valence-electron chi connectivity index (χ2n) is 6.02. The normalized spacial score (nSPS) is 10.6. The van der Waals surface area contributed by atoms with Crippen LogP contribution in [0.25, 0.3) is 12.2 Å². The highest BCUT2D eigenvalue weighted by atomic mass is 16.1. The molecule has 2 aromatic rings. The van der Waals surface area contributed by atoms with Crippen LogP contribution in [-0.4, -0.2) is 11.6 Å². The van der Waals surface area contributed by atoms with E-state index in [9.17, 15) is 9.59 Å². The molecule has 0 heterocycles. The molecule has 0 aromatic heterocycles. The minimum Gasteiger partial charge on any atom is -0.295 e. The number of allylic oxidation sites excluding steroid dienone is 2. The van der Waals surface area contributed by atoms with E-state index in [0.29, 0.717) is 12.8 Å². The minimum atomic E-state index is 0.170. The Morgan fingerprint density at radius 2 is 1.04 bits per heavy atom. The van der Waals surface area contributed by atoms with Crippen molar-refractivity contribution in [2.24, 2.45) is 0 Å². The quantitative estimate of drug-likeness (QED) is 0.602. The van der Waals surface area contributed by atoms with Crippen molar-refractivity contribution in [1.29, 1.82) is 0 Å². The summed E-state index contributed by atoms with van der Waals surface area (Å²) in [6, 6.07) is 16.0. The van der Waals surface area contributed by atoms with Crippen molar-refractivity contribution in [3.63, 3.8) is 0 Å². The molecule has 136 valence electrons. The number of carbonyl (C=O) groups is 2. The highest BCUT2D eigenvalue weighted by molar-refractivity contribution is 5.93. The summed E-state index contributed by atoms with van der Waals surface area (Å²) in [5.74, 6) is 0.339. The lowest BCUT2D eigenvalue weighted by Gasteiger charge is -1.97. The van der Waals surface area contributed by atoms with Gasteiger partial charge < -0.3 is 0 Å². The van der Waals surface area contributed by atoms with Gasteiger partial charge >= 0.3 is 0 Å². The van der Waals surface area contributed by atoms with Crippen LogP contribution in [-0.2, 0) is 9.59 Å². The topological polar surface area (TPSA) is 34.1 Å². The van der Waals surface area contributed by atoms with Crippen molar-refractivity contribution in [2.75, 3.05) is 0 Å². The predicted octanol–water partition coefficient (Wildman–Crippen LogP) is 5.97. The standard InChI is InChI=1S/2C12H14O/c2*1-3-12(13)9-8-11-7-5-4-6-10(11)2/h2*4-9H,3H2,1-2H3. The Morgan fingerprint density at radius 1 is 0.692 bits per heavy atom. The fraction of sp³-hybridized carbons (Fsp3) is 0.250. The molecule has 26 heavy (non-hydrogen) atoms. The Kier molecular flexibility index (Phi) is 9.63. The Morgan fingerprint density at radius 3 is 1.35 bits per heavy atom. The van der Waals surface area contributed by atoms with E-state index in [0.717, 1.165) is 11.1 Å². The Hall–Kier alpha value is -2.74. The van der Waals surface area contributed by atoms with Crippen molar-refractivity contribution < 1.29 is 9.59 Å². The van der Waals surface area contributed by atoms with Gasteiger partial charge in [0.05, 0.1) is 0 Å². The Labute approximate surface area is 157 Å².